The smallest absolute Gasteiger partial charge is 0.330 e. The summed E-state index contributed by atoms with van der Waals surface area (Å²) in [5.74, 6) is -3.36. The molecule has 1 spiro atoms. The van der Waals surface area contributed by atoms with Crippen LogP contribution in [0.25, 0.3) is 6.08 Å². The summed E-state index contributed by atoms with van der Waals surface area (Å²) in [7, 11) is 0. The summed E-state index contributed by atoms with van der Waals surface area (Å²) < 4.78 is 27.2. The van der Waals surface area contributed by atoms with Crippen LogP contribution < -0.4 is 9.47 Å². The van der Waals surface area contributed by atoms with Crippen LogP contribution in [0, 0.1) is 17.8 Å². The minimum atomic E-state index is -1.66. The molecular formula is C40H50O9. The largest absolute Gasteiger partial charge is 0.506 e. The van der Waals surface area contributed by atoms with Gasteiger partial charge in [0.05, 0.1) is 23.2 Å². The second-order valence-electron chi connectivity index (χ2n) is 15.7. The topological polar surface area (TPSA) is 129 Å². The van der Waals surface area contributed by atoms with Gasteiger partial charge in [-0.3, -0.25) is 9.59 Å². The van der Waals surface area contributed by atoms with Crippen molar-refractivity contribution in [3.8, 4) is 17.2 Å². The van der Waals surface area contributed by atoms with Gasteiger partial charge in [-0.15, -0.1) is 0 Å². The van der Waals surface area contributed by atoms with E-state index in [-0.39, 0.29) is 47.2 Å². The third-order valence-electron chi connectivity index (χ3n) is 11.4. The quantitative estimate of drug-likeness (QED) is 0.194. The van der Waals surface area contributed by atoms with E-state index in [0.717, 1.165) is 12.0 Å². The Morgan fingerprint density at radius 2 is 1.71 bits per heavy atom. The summed E-state index contributed by atoms with van der Waals surface area (Å²) in [6, 6.07) is 0. The zero-order chi connectivity index (χ0) is 35.8. The van der Waals surface area contributed by atoms with E-state index in [9.17, 15) is 19.8 Å². The first kappa shape index (κ1) is 35.1. The lowest BCUT2D eigenvalue weighted by atomic mass is 9.45. The zero-order valence-corrected chi connectivity index (χ0v) is 30.2. The van der Waals surface area contributed by atoms with E-state index in [0.29, 0.717) is 36.1 Å². The van der Waals surface area contributed by atoms with Crippen LogP contribution in [0.4, 0.5) is 0 Å². The van der Waals surface area contributed by atoms with Crippen LogP contribution in [0.1, 0.15) is 109 Å². The Bertz CT molecular complexity index is 1740. The predicted octanol–water partition coefficient (Wildman–Crippen LogP) is 7.33. The molecule has 2 N–H and O–H groups in total. The van der Waals surface area contributed by atoms with E-state index in [2.05, 4.69) is 19.9 Å². The number of aromatic hydroxyl groups is 1. The molecule has 0 amide bonds. The average molecular weight is 675 g/mol. The number of hydrogen-bond acceptors (Lipinski definition) is 8. The molecule has 9 heteroatoms. The molecule has 3 aliphatic heterocycles. The highest BCUT2D eigenvalue weighted by molar-refractivity contribution is 6.10. The molecule has 0 aromatic heterocycles. The van der Waals surface area contributed by atoms with E-state index >= 15 is 4.79 Å². The molecule has 3 saturated carbocycles. The van der Waals surface area contributed by atoms with Crippen LogP contribution >= 0.6 is 0 Å². The summed E-state index contributed by atoms with van der Waals surface area (Å²) in [6.45, 7) is 17.5. The summed E-state index contributed by atoms with van der Waals surface area (Å²) in [6.07, 6.45) is 10.8. The van der Waals surface area contributed by atoms with Gasteiger partial charge in [0.25, 0.3) is 0 Å². The molecule has 3 aliphatic carbocycles. The third kappa shape index (κ3) is 5.13. The molecule has 4 fully saturated rings. The van der Waals surface area contributed by atoms with Gasteiger partial charge in [-0.1, -0.05) is 29.4 Å². The van der Waals surface area contributed by atoms with Crippen LogP contribution in [-0.4, -0.2) is 62.9 Å². The number of carboxylic acid groups (broad SMARTS) is 1. The zero-order valence-electron chi connectivity index (χ0n) is 30.2. The van der Waals surface area contributed by atoms with Gasteiger partial charge in [-0.05, 0) is 100 Å². The highest BCUT2D eigenvalue weighted by Crippen LogP contribution is 2.70. The van der Waals surface area contributed by atoms with Crippen LogP contribution in [0.2, 0.25) is 0 Å². The molecule has 7 atom stereocenters. The lowest BCUT2D eigenvalue weighted by Crippen LogP contribution is -2.80. The van der Waals surface area contributed by atoms with Gasteiger partial charge in [-0.25, -0.2) is 4.79 Å². The fourth-order valence-electron chi connectivity index (χ4n) is 9.14. The molecule has 1 saturated heterocycles. The van der Waals surface area contributed by atoms with Crippen molar-refractivity contribution in [2.24, 2.45) is 17.8 Å². The van der Waals surface area contributed by atoms with Gasteiger partial charge < -0.3 is 29.2 Å². The maximum Gasteiger partial charge on any atom is 0.330 e. The standard InChI is InChI=1S/C40H50O9/c1-10-46-34-26-20-27-37(7,8)49-39(35(26)43,19-15-23(6)36(44)45)40(27)29(34)31(42)28-30(41)24-16-18-38(9,17-11-12-21(2)3)47-32(24)25(33(28)48-40)14-13-22(4)5/h12-13,15-16,18,26-27,29,34,41H,10-11,14,17,19-20H2,1-9H3,(H,44,45)/t26-,27-,29-,34-,38+,39-,40-/m0/s1. The number of fused-ring (bicyclic) bond motifs is 2. The Kier molecular flexibility index (Phi) is 8.59. The van der Waals surface area contributed by atoms with Crippen molar-refractivity contribution in [2.75, 3.05) is 6.61 Å². The van der Waals surface area contributed by atoms with Gasteiger partial charge in [0.15, 0.2) is 22.8 Å². The molecular weight excluding hydrogens is 624 g/mol. The van der Waals surface area contributed by atoms with E-state index in [1.54, 1.807) is 0 Å². The van der Waals surface area contributed by atoms with E-state index in [1.165, 1.54) is 18.6 Å². The number of aliphatic carboxylic acids is 1. The van der Waals surface area contributed by atoms with E-state index in [1.807, 2.05) is 59.8 Å². The van der Waals surface area contributed by atoms with Crippen molar-refractivity contribution >= 4 is 23.6 Å². The molecule has 7 rings (SSSR count). The number of phenols is 1. The van der Waals surface area contributed by atoms with E-state index < -0.39 is 52.2 Å². The summed E-state index contributed by atoms with van der Waals surface area (Å²) in [4.78, 5) is 41.9. The predicted molar refractivity (Wildman–Crippen MR) is 185 cm³/mol. The van der Waals surface area contributed by atoms with Crippen LogP contribution in [-0.2, 0) is 25.5 Å². The summed E-state index contributed by atoms with van der Waals surface area (Å²) in [5, 5.41) is 21.7. The molecule has 3 heterocycles. The van der Waals surface area contributed by atoms with Crippen LogP contribution in [0.3, 0.4) is 0 Å². The SMILES string of the molecule is CCO[C@H]1[C@@H]2C[C@H]3C(C)(C)O[C@@](CC=C(C)C(=O)O)(C2=O)[C@]32Oc3c(CC=C(C)C)c4c(c(O)c3C(=O)[C@@H]12)C=C[C@@](C)(CCC=C(C)C)O4. The molecule has 6 aliphatic rings. The number of rotatable bonds is 10. The first-order chi connectivity index (χ1) is 22.9. The maximum absolute atomic E-state index is 15.2. The van der Waals surface area contributed by atoms with Crippen molar-refractivity contribution in [3.05, 3.63) is 57.7 Å². The average Bonchev–Trinajstić information content (AvgIpc) is 3.15. The third-order valence-corrected chi connectivity index (χ3v) is 11.4. The lowest BCUT2D eigenvalue weighted by Gasteiger charge is -2.62. The van der Waals surface area contributed by atoms with Gasteiger partial charge in [0.1, 0.15) is 28.4 Å². The van der Waals surface area contributed by atoms with Crippen LogP contribution in [0.15, 0.2) is 41.0 Å². The Morgan fingerprint density at radius 3 is 2.35 bits per heavy atom. The summed E-state index contributed by atoms with van der Waals surface area (Å²) in [5.41, 5.74) is -1.37. The molecule has 4 bridgehead atoms. The number of benzene rings is 1. The minimum Gasteiger partial charge on any atom is -0.506 e. The van der Waals surface area contributed by atoms with Gasteiger partial charge >= 0.3 is 5.97 Å². The Hall–Kier alpha value is -3.69. The monoisotopic (exact) mass is 674 g/mol. The first-order valence-electron chi connectivity index (χ1n) is 17.5. The second kappa shape index (κ2) is 12.0. The van der Waals surface area contributed by atoms with Crippen LogP contribution in [0.5, 0.6) is 17.2 Å². The fraction of sp³-hybridized carbons (Fsp3) is 0.575. The number of phenolic OH excluding ortho intramolecular Hbond substituents is 1. The number of ketones is 2. The fourth-order valence-corrected chi connectivity index (χ4v) is 9.14. The minimum absolute atomic E-state index is 0.0576. The Labute approximate surface area is 289 Å². The van der Waals surface area contributed by atoms with Crippen molar-refractivity contribution in [1.29, 1.82) is 0 Å². The normalized spacial score (nSPS) is 33.2. The number of carboxylic acids is 1. The van der Waals surface area contributed by atoms with Crippen molar-refractivity contribution in [1.82, 2.24) is 0 Å². The lowest BCUT2D eigenvalue weighted by molar-refractivity contribution is -0.226. The van der Waals surface area contributed by atoms with Gasteiger partial charge in [-0.2, -0.15) is 0 Å². The van der Waals surface area contributed by atoms with E-state index in [4.69, 9.17) is 18.9 Å². The second-order valence-corrected chi connectivity index (χ2v) is 15.7. The number of hydrogen-bond donors (Lipinski definition) is 2. The number of carbonyl (C=O) groups excluding carboxylic acids is 2. The molecule has 1 aromatic rings. The Morgan fingerprint density at radius 1 is 1.02 bits per heavy atom. The van der Waals surface area contributed by atoms with Crippen molar-refractivity contribution in [3.63, 3.8) is 0 Å². The molecule has 0 unspecified atom stereocenters. The molecule has 0 radical (unpaired) electrons. The first-order valence-corrected chi connectivity index (χ1v) is 17.5. The molecule has 49 heavy (non-hydrogen) atoms. The molecule has 9 nitrogen and oxygen atoms in total. The van der Waals surface area contributed by atoms with Crippen molar-refractivity contribution < 1.29 is 43.5 Å². The molecule has 264 valence electrons. The summed E-state index contributed by atoms with van der Waals surface area (Å²) >= 11 is 0. The maximum atomic E-state index is 15.2. The van der Waals surface area contributed by atoms with Crippen molar-refractivity contribution in [2.45, 2.75) is 123 Å². The Balaban J connectivity index is 1.62. The number of Topliss-reactive ketones (excluding diaryl/α,β-unsaturated/α-hetero) is 2. The highest BCUT2D eigenvalue weighted by Gasteiger charge is 2.85. The highest BCUT2D eigenvalue weighted by atomic mass is 16.6. The van der Waals surface area contributed by atoms with Gasteiger partial charge in [0, 0.05) is 36.0 Å². The number of allylic oxidation sites excluding steroid dienone is 4. The van der Waals surface area contributed by atoms with Gasteiger partial charge in [0.2, 0.25) is 0 Å². The number of ether oxygens (including phenoxy) is 4. The molecule has 1 aromatic carbocycles. The number of carbonyl (C=O) groups is 3.